The summed E-state index contributed by atoms with van der Waals surface area (Å²) in [6, 6.07) is 0. The average molecular weight is 1020 g/mol. The summed E-state index contributed by atoms with van der Waals surface area (Å²) in [5, 5.41) is 64.2. The fraction of sp³-hybridized carbons (Fsp3) is 1.00. The maximum absolute atomic E-state index is 10.9. The largest absolute Gasteiger partial charge is 0.387 e. The van der Waals surface area contributed by atoms with Crippen LogP contribution in [0.2, 0.25) is 0 Å². The van der Waals surface area contributed by atoms with E-state index in [0.717, 1.165) is 154 Å². The lowest BCUT2D eigenvalue weighted by Crippen LogP contribution is -2.61. The molecule has 0 aromatic rings. The van der Waals surface area contributed by atoms with Crippen molar-refractivity contribution in [1.29, 1.82) is 0 Å². The molecule has 6 heterocycles. The number of hydrogen-bond donors (Lipinski definition) is 6. The third-order valence-corrected chi connectivity index (χ3v) is 19.9. The Bertz CT molecular complexity index is 1620. The number of fused-ring (bicyclic) bond motifs is 8. The smallest absolute Gasteiger partial charge is 0.169 e. The molecule has 6 N–H and O–H groups in total. The molecule has 9 aliphatic carbocycles. The summed E-state index contributed by atoms with van der Waals surface area (Å²) in [6.45, 7) is 0. The molecular weight excluding hydrogens is 937 g/mol. The van der Waals surface area contributed by atoms with Gasteiger partial charge in [0.1, 0.15) is 110 Å². The molecule has 6 spiro atoms. The summed E-state index contributed by atoms with van der Waals surface area (Å²) in [6.07, 6.45) is 19.0. The van der Waals surface area contributed by atoms with Gasteiger partial charge in [-0.05, 0) is 77.0 Å². The van der Waals surface area contributed by atoms with Crippen molar-refractivity contribution >= 4 is 0 Å². The molecule has 6 aliphatic heterocycles. The Hall–Kier alpha value is -0.720. The molecule has 408 valence electrons. The zero-order chi connectivity index (χ0) is 49.1. The van der Waals surface area contributed by atoms with E-state index in [4.69, 9.17) is 56.8 Å². The van der Waals surface area contributed by atoms with E-state index >= 15 is 0 Å². The second kappa shape index (κ2) is 19.6. The zero-order valence-corrected chi connectivity index (χ0v) is 42.2. The van der Waals surface area contributed by atoms with Crippen LogP contribution in [0.5, 0.6) is 0 Å². The van der Waals surface area contributed by atoms with Gasteiger partial charge in [0, 0.05) is 77.0 Å². The van der Waals surface area contributed by atoms with Crippen molar-refractivity contribution in [1.82, 2.24) is 0 Å². The van der Waals surface area contributed by atoms with E-state index in [0.29, 0.717) is 0 Å². The van der Waals surface area contributed by atoms with Crippen molar-refractivity contribution in [3.63, 3.8) is 0 Å². The predicted molar refractivity (Wildman–Crippen MR) is 249 cm³/mol. The van der Waals surface area contributed by atoms with E-state index in [1.165, 1.54) is 38.5 Å². The molecular formula is C54H84O18. The van der Waals surface area contributed by atoms with Crippen LogP contribution >= 0.6 is 0 Å². The Labute approximate surface area is 423 Å². The van der Waals surface area contributed by atoms with E-state index in [9.17, 15) is 30.6 Å². The zero-order valence-electron chi connectivity index (χ0n) is 42.2. The summed E-state index contributed by atoms with van der Waals surface area (Å²) in [5.74, 6) is -3.67. The monoisotopic (exact) mass is 1020 g/mol. The molecule has 0 amide bonds. The third-order valence-electron chi connectivity index (χ3n) is 19.9. The second-order valence-electron chi connectivity index (χ2n) is 24.8. The van der Waals surface area contributed by atoms with Gasteiger partial charge in [-0.15, -0.1) is 0 Å². The fourth-order valence-electron chi connectivity index (χ4n) is 16.2. The summed E-state index contributed by atoms with van der Waals surface area (Å²) < 4.78 is 75.0. The standard InChI is InChI=1S/3C18H28O6/c19-11-13-14(22-17(21-13)7-3-1-4-8-17)12(20)16-15(11)23-18(24-16)9-5-2-6-10-18;2*19-11-12(20)14-16(24-18(22-14)9-5-2-6-10-18)15-13(11)21-17(23-15)7-3-1-4-8-17/h3*11-16,19-20H,1-10H2/t11?,12?,13-,14-,15-,16+;11-,12-,13-,14+,15+,16+;11-,12-,13-,14+,15-,16-/m000/s1. The van der Waals surface area contributed by atoms with Gasteiger partial charge in [-0.25, -0.2) is 0 Å². The van der Waals surface area contributed by atoms with Crippen LogP contribution in [0.25, 0.3) is 0 Å². The van der Waals surface area contributed by atoms with Gasteiger partial charge in [0.25, 0.3) is 0 Å². The molecule has 0 aromatic carbocycles. The Morgan fingerprint density at radius 3 is 0.444 bits per heavy atom. The predicted octanol–water partition coefficient (Wildman–Crippen LogP) is 4.83. The summed E-state index contributed by atoms with van der Waals surface area (Å²) in [5.41, 5.74) is 0. The molecule has 6 saturated heterocycles. The first kappa shape index (κ1) is 50.8. The minimum Gasteiger partial charge on any atom is -0.387 e. The lowest BCUT2D eigenvalue weighted by molar-refractivity contribution is -0.224. The van der Waals surface area contributed by atoms with Crippen LogP contribution in [0, 0.1) is 0 Å². The number of ether oxygens (including phenoxy) is 12. The minimum atomic E-state index is -0.986. The molecule has 18 nitrogen and oxygen atoms in total. The van der Waals surface area contributed by atoms with Crippen molar-refractivity contribution < 1.29 is 87.5 Å². The van der Waals surface area contributed by atoms with Crippen LogP contribution in [0.15, 0.2) is 0 Å². The molecule has 0 aromatic heterocycles. The molecule has 18 heteroatoms. The van der Waals surface area contributed by atoms with Crippen LogP contribution in [0.4, 0.5) is 0 Å². The minimum absolute atomic E-state index is 0.354. The molecule has 0 bridgehead atoms. The fourth-order valence-corrected chi connectivity index (χ4v) is 16.2. The van der Waals surface area contributed by atoms with Crippen LogP contribution < -0.4 is 0 Å². The van der Waals surface area contributed by atoms with Crippen molar-refractivity contribution in [3.05, 3.63) is 0 Å². The number of rotatable bonds is 0. The van der Waals surface area contributed by atoms with E-state index in [1.54, 1.807) is 0 Å². The molecule has 18 atom stereocenters. The highest BCUT2D eigenvalue weighted by Crippen LogP contribution is 2.55. The third kappa shape index (κ3) is 8.83. The highest BCUT2D eigenvalue weighted by atomic mass is 16.8. The van der Waals surface area contributed by atoms with Crippen molar-refractivity contribution in [2.45, 2.75) is 337 Å². The van der Waals surface area contributed by atoms with Gasteiger partial charge < -0.3 is 87.5 Å². The van der Waals surface area contributed by atoms with Crippen molar-refractivity contribution in [3.8, 4) is 0 Å². The van der Waals surface area contributed by atoms with Gasteiger partial charge in [0.05, 0.1) is 0 Å². The molecule has 0 radical (unpaired) electrons. The number of aliphatic hydroxyl groups is 6. The highest BCUT2D eigenvalue weighted by Gasteiger charge is 2.69. The molecule has 9 saturated carbocycles. The van der Waals surface area contributed by atoms with E-state index < -0.39 is 120 Å². The van der Waals surface area contributed by atoms with Gasteiger partial charge in [0.15, 0.2) is 34.7 Å². The Kier molecular flexibility index (Phi) is 13.8. The quantitative estimate of drug-likeness (QED) is 0.191. The van der Waals surface area contributed by atoms with Crippen LogP contribution in [-0.4, -0.2) is 175 Å². The Morgan fingerprint density at radius 1 is 0.167 bits per heavy atom. The number of aliphatic hydroxyl groups excluding tert-OH is 6. The van der Waals surface area contributed by atoms with Gasteiger partial charge in [-0.3, -0.25) is 0 Å². The summed E-state index contributed by atoms with van der Waals surface area (Å²) in [4.78, 5) is 0. The first-order valence-corrected chi connectivity index (χ1v) is 29.1. The van der Waals surface area contributed by atoms with Gasteiger partial charge in [0.2, 0.25) is 0 Å². The molecule has 2 unspecified atom stereocenters. The molecule has 72 heavy (non-hydrogen) atoms. The Balaban J connectivity index is 0.000000105. The molecule has 15 fully saturated rings. The molecule has 15 rings (SSSR count). The lowest BCUT2D eigenvalue weighted by atomic mass is 9.85. The van der Waals surface area contributed by atoms with E-state index in [-0.39, 0.29) is 24.4 Å². The summed E-state index contributed by atoms with van der Waals surface area (Å²) >= 11 is 0. The highest BCUT2D eigenvalue weighted by molar-refractivity contribution is 5.12. The maximum atomic E-state index is 10.9. The van der Waals surface area contributed by atoms with Gasteiger partial charge >= 0.3 is 0 Å². The number of hydrogen-bond acceptors (Lipinski definition) is 18. The lowest BCUT2D eigenvalue weighted by Gasteiger charge is -2.38. The van der Waals surface area contributed by atoms with Crippen molar-refractivity contribution in [2.24, 2.45) is 0 Å². The van der Waals surface area contributed by atoms with E-state index in [2.05, 4.69) is 0 Å². The van der Waals surface area contributed by atoms with Crippen LogP contribution in [0.3, 0.4) is 0 Å². The maximum Gasteiger partial charge on any atom is 0.169 e. The van der Waals surface area contributed by atoms with Gasteiger partial charge in [-0.1, -0.05) is 38.5 Å². The van der Waals surface area contributed by atoms with Crippen LogP contribution in [0.1, 0.15) is 193 Å². The normalized spacial score (nSPS) is 49.2. The van der Waals surface area contributed by atoms with Gasteiger partial charge in [-0.2, -0.15) is 0 Å². The SMILES string of the molecule is OC1[C@H]2OC3(CCCCC3)O[C@H]2C(O)[C@@H]2OC3(CCCCC3)O[C@@H]12.O[C@H]1[C@H](O)[C@@H]2OC3(CCCCC3)O[C@@H]2[C@H]2OC3(CCCCC3)O[C@H]12.O[C@H]1[C@H](O)[C@@H]2OC3(CCCCC3)O[C@H]2[C@@H]2OC3(CCCCC3)O[C@H]12. The van der Waals surface area contributed by atoms with Crippen LogP contribution in [-0.2, 0) is 56.8 Å². The second-order valence-corrected chi connectivity index (χ2v) is 24.8. The molecule has 15 aliphatic rings. The summed E-state index contributed by atoms with van der Waals surface area (Å²) in [7, 11) is 0. The average Bonchev–Trinajstić information content (AvgIpc) is 4.27. The first-order valence-electron chi connectivity index (χ1n) is 29.1. The topological polar surface area (TPSA) is 232 Å². The van der Waals surface area contributed by atoms with Crippen molar-refractivity contribution in [2.75, 3.05) is 0 Å². The van der Waals surface area contributed by atoms with E-state index in [1.807, 2.05) is 0 Å². The first-order chi connectivity index (χ1) is 34.8. The Morgan fingerprint density at radius 2 is 0.292 bits per heavy atom.